The number of pyridine rings is 1. The number of nitrogens with two attached hydrogens (primary N) is 1. The molecular weight excluding hydrogens is 340 g/mol. The molecule has 2 aliphatic rings. The van der Waals surface area contributed by atoms with Gasteiger partial charge in [0.2, 0.25) is 10.0 Å². The molecule has 140 valence electrons. The maximum absolute atomic E-state index is 11.3. The van der Waals surface area contributed by atoms with Crippen molar-refractivity contribution in [1.29, 1.82) is 0 Å². The predicted molar refractivity (Wildman–Crippen MR) is 97.0 cm³/mol. The van der Waals surface area contributed by atoms with Gasteiger partial charge in [-0.2, -0.15) is 0 Å². The lowest BCUT2D eigenvalue weighted by Gasteiger charge is -2.39. The zero-order chi connectivity index (χ0) is 18.0. The van der Waals surface area contributed by atoms with E-state index in [0.717, 1.165) is 51.4 Å². The number of rotatable bonds is 4. The van der Waals surface area contributed by atoms with Gasteiger partial charge < -0.3 is 9.64 Å². The lowest BCUT2D eigenvalue weighted by Crippen LogP contribution is -2.48. The fraction of sp³-hybridized carbons (Fsp3) is 0.706. The Morgan fingerprint density at radius 3 is 2.36 bits per heavy atom. The van der Waals surface area contributed by atoms with Crippen molar-refractivity contribution >= 4 is 15.8 Å². The van der Waals surface area contributed by atoms with Gasteiger partial charge in [-0.05, 0) is 44.7 Å². The van der Waals surface area contributed by atoms with Crippen LogP contribution in [0.1, 0.15) is 26.7 Å². The van der Waals surface area contributed by atoms with Crippen molar-refractivity contribution in [3.63, 3.8) is 0 Å². The average Bonchev–Trinajstić information content (AvgIpc) is 2.54. The van der Waals surface area contributed by atoms with Crippen LogP contribution in [0.5, 0.6) is 0 Å². The molecule has 0 saturated carbocycles. The highest BCUT2D eigenvalue weighted by atomic mass is 32.2. The number of piperidine rings is 1. The molecule has 2 N–H and O–H groups in total. The zero-order valence-corrected chi connectivity index (χ0v) is 15.8. The molecular formula is C17H28N4O3S. The largest absolute Gasteiger partial charge is 0.373 e. The zero-order valence-electron chi connectivity index (χ0n) is 15.0. The minimum Gasteiger partial charge on any atom is -0.373 e. The van der Waals surface area contributed by atoms with Crippen molar-refractivity contribution in [3.8, 4) is 0 Å². The lowest BCUT2D eigenvalue weighted by molar-refractivity contribution is -0.0720. The molecule has 1 aromatic heterocycles. The Balaban J connectivity index is 1.52. The Morgan fingerprint density at radius 1 is 1.20 bits per heavy atom. The third-order valence-corrected chi connectivity index (χ3v) is 5.90. The van der Waals surface area contributed by atoms with E-state index in [9.17, 15) is 8.42 Å². The second-order valence-electron chi connectivity index (χ2n) is 7.30. The van der Waals surface area contributed by atoms with E-state index in [1.165, 1.54) is 12.3 Å². The van der Waals surface area contributed by atoms with E-state index in [1.807, 2.05) is 0 Å². The van der Waals surface area contributed by atoms with Crippen molar-refractivity contribution in [2.24, 2.45) is 11.1 Å². The van der Waals surface area contributed by atoms with Crippen LogP contribution in [0.15, 0.2) is 23.2 Å². The second-order valence-corrected chi connectivity index (χ2v) is 8.86. The minimum absolute atomic E-state index is 0.0571. The maximum atomic E-state index is 11.3. The fourth-order valence-corrected chi connectivity index (χ4v) is 4.33. The molecule has 0 aliphatic carbocycles. The van der Waals surface area contributed by atoms with Crippen molar-refractivity contribution in [2.75, 3.05) is 37.6 Å². The van der Waals surface area contributed by atoms with Crippen LogP contribution in [0.4, 0.5) is 5.82 Å². The van der Waals surface area contributed by atoms with Gasteiger partial charge in [0.05, 0.1) is 12.2 Å². The Hall–Kier alpha value is -1.22. The number of sulfonamides is 1. The molecule has 0 unspecified atom stereocenters. The summed E-state index contributed by atoms with van der Waals surface area (Å²) in [5, 5.41) is 5.12. The smallest absolute Gasteiger partial charge is 0.239 e. The monoisotopic (exact) mass is 368 g/mol. The van der Waals surface area contributed by atoms with Gasteiger partial charge in [-0.15, -0.1) is 0 Å². The van der Waals surface area contributed by atoms with Gasteiger partial charge in [-0.25, -0.2) is 18.5 Å². The second kappa shape index (κ2) is 7.57. The number of primary sulfonamides is 1. The van der Waals surface area contributed by atoms with E-state index in [0.29, 0.717) is 18.1 Å². The number of ether oxygens (including phenoxy) is 1. The molecule has 1 aromatic rings. The molecule has 3 heterocycles. The van der Waals surface area contributed by atoms with Crippen LogP contribution in [-0.4, -0.2) is 63.2 Å². The molecule has 2 aliphatic heterocycles. The summed E-state index contributed by atoms with van der Waals surface area (Å²) in [4.78, 5) is 9.07. The number of nitrogens with zero attached hydrogens (tertiary/aromatic N) is 3. The molecule has 8 heteroatoms. The quantitative estimate of drug-likeness (QED) is 0.855. The van der Waals surface area contributed by atoms with Crippen LogP contribution in [0.25, 0.3) is 0 Å². The van der Waals surface area contributed by atoms with Crippen molar-refractivity contribution < 1.29 is 13.2 Å². The highest BCUT2D eigenvalue weighted by Gasteiger charge is 2.27. The van der Waals surface area contributed by atoms with Gasteiger partial charge >= 0.3 is 0 Å². The summed E-state index contributed by atoms with van der Waals surface area (Å²) in [5.74, 6) is 1.51. The summed E-state index contributed by atoms with van der Waals surface area (Å²) in [5.41, 5.74) is 0. The third-order valence-electron chi connectivity index (χ3n) is 5.00. The fourth-order valence-electron chi connectivity index (χ4n) is 3.87. The summed E-state index contributed by atoms with van der Waals surface area (Å²) in [7, 11) is -3.68. The third kappa shape index (κ3) is 4.91. The van der Waals surface area contributed by atoms with E-state index in [4.69, 9.17) is 9.88 Å². The van der Waals surface area contributed by atoms with E-state index >= 15 is 0 Å². The molecule has 0 spiro atoms. The van der Waals surface area contributed by atoms with Gasteiger partial charge in [-0.1, -0.05) is 0 Å². The van der Waals surface area contributed by atoms with Gasteiger partial charge in [0.15, 0.2) is 0 Å². The summed E-state index contributed by atoms with van der Waals surface area (Å²) < 4.78 is 28.4. The van der Waals surface area contributed by atoms with Crippen LogP contribution in [0.2, 0.25) is 0 Å². The number of aromatic nitrogens is 1. The molecule has 2 fully saturated rings. The number of hydrogen-bond donors (Lipinski definition) is 1. The van der Waals surface area contributed by atoms with Crippen molar-refractivity contribution in [2.45, 2.75) is 43.8 Å². The van der Waals surface area contributed by atoms with Crippen LogP contribution in [-0.2, 0) is 14.8 Å². The first-order valence-corrected chi connectivity index (χ1v) is 10.5. The maximum Gasteiger partial charge on any atom is 0.239 e. The van der Waals surface area contributed by atoms with E-state index in [1.54, 1.807) is 6.07 Å². The summed E-state index contributed by atoms with van der Waals surface area (Å²) >= 11 is 0. The summed E-state index contributed by atoms with van der Waals surface area (Å²) in [6.07, 6.45) is 4.21. The van der Waals surface area contributed by atoms with E-state index in [-0.39, 0.29) is 4.90 Å². The van der Waals surface area contributed by atoms with Gasteiger partial charge in [-0.3, -0.25) is 4.90 Å². The first kappa shape index (κ1) is 18.6. The van der Waals surface area contributed by atoms with Gasteiger partial charge in [0, 0.05) is 38.9 Å². The van der Waals surface area contributed by atoms with E-state index in [2.05, 4.69) is 28.6 Å². The highest BCUT2D eigenvalue weighted by molar-refractivity contribution is 7.89. The molecule has 2 atom stereocenters. The Morgan fingerprint density at radius 2 is 1.84 bits per heavy atom. The summed E-state index contributed by atoms with van der Waals surface area (Å²) in [6, 6.07) is 3.27. The normalized spacial score (nSPS) is 26.8. The standard InChI is InChI=1S/C17H28N4O3S/c1-13-10-20(11-14(2)24-13)12-15-5-7-21(8-6-15)17-4-3-16(9-19-17)25(18,22)23/h3-4,9,13-15H,5-8,10-12H2,1-2H3,(H2,18,22,23)/t13-,14-/m1/s1. The lowest BCUT2D eigenvalue weighted by atomic mass is 9.95. The Labute approximate surface area is 150 Å². The topological polar surface area (TPSA) is 88.8 Å². The van der Waals surface area contributed by atoms with Crippen LogP contribution in [0, 0.1) is 5.92 Å². The van der Waals surface area contributed by atoms with Gasteiger partial charge in [0.25, 0.3) is 0 Å². The number of morpholine rings is 1. The number of anilines is 1. The molecule has 0 bridgehead atoms. The van der Waals surface area contributed by atoms with Crippen molar-refractivity contribution in [1.82, 2.24) is 9.88 Å². The molecule has 3 rings (SSSR count). The van der Waals surface area contributed by atoms with Crippen molar-refractivity contribution in [3.05, 3.63) is 18.3 Å². The molecule has 7 nitrogen and oxygen atoms in total. The molecule has 0 radical (unpaired) electrons. The molecule has 0 amide bonds. The minimum atomic E-state index is -3.68. The van der Waals surface area contributed by atoms with Gasteiger partial charge in [0.1, 0.15) is 10.7 Å². The average molecular weight is 369 g/mol. The Kier molecular flexibility index (Phi) is 5.62. The van der Waals surface area contributed by atoms with Crippen LogP contribution in [0.3, 0.4) is 0 Å². The summed E-state index contributed by atoms with van der Waals surface area (Å²) in [6.45, 7) is 9.33. The molecule has 0 aromatic carbocycles. The molecule has 25 heavy (non-hydrogen) atoms. The van der Waals surface area contributed by atoms with E-state index < -0.39 is 10.0 Å². The Bertz CT molecular complexity index is 662. The van der Waals surface area contributed by atoms with Crippen LogP contribution >= 0.6 is 0 Å². The van der Waals surface area contributed by atoms with Crippen LogP contribution < -0.4 is 10.0 Å². The predicted octanol–water partition coefficient (Wildman–Crippen LogP) is 1.05. The first-order valence-electron chi connectivity index (χ1n) is 8.93. The SMILES string of the molecule is C[C@@H]1CN(CC2CCN(c3ccc(S(N)(=O)=O)cn3)CC2)C[C@@H](C)O1. The molecule has 2 saturated heterocycles. The number of hydrogen-bond acceptors (Lipinski definition) is 6. The highest BCUT2D eigenvalue weighted by Crippen LogP contribution is 2.24. The first-order chi connectivity index (χ1) is 11.8.